The molecule has 0 fully saturated rings. The molecule has 0 saturated heterocycles. The molecule has 2 nitrogen and oxygen atoms in total. The molecule has 1 aromatic heterocycles. The molecule has 2 aromatic rings. The Kier molecular flexibility index (Phi) is 3.56. The summed E-state index contributed by atoms with van der Waals surface area (Å²) in [5.41, 5.74) is 2.12. The van der Waals surface area contributed by atoms with E-state index in [2.05, 4.69) is 28.2 Å². The summed E-state index contributed by atoms with van der Waals surface area (Å²) in [5, 5.41) is 4.09. The van der Waals surface area contributed by atoms with E-state index in [4.69, 9.17) is 16.0 Å². The average Bonchev–Trinajstić information content (AvgIpc) is 2.75. The van der Waals surface area contributed by atoms with E-state index in [0.29, 0.717) is 5.02 Å². The predicted octanol–water partition coefficient (Wildman–Crippen LogP) is 4.87. The minimum atomic E-state index is 0.191. The van der Waals surface area contributed by atoms with Crippen molar-refractivity contribution in [1.82, 2.24) is 0 Å². The van der Waals surface area contributed by atoms with Crippen LogP contribution in [-0.2, 0) is 0 Å². The van der Waals surface area contributed by atoms with Crippen LogP contribution in [0.1, 0.15) is 18.5 Å². The molecule has 2 rings (SSSR count). The van der Waals surface area contributed by atoms with Gasteiger partial charge in [0, 0.05) is 20.7 Å². The minimum absolute atomic E-state index is 0.191. The fourth-order valence-electron chi connectivity index (χ4n) is 1.44. The summed E-state index contributed by atoms with van der Waals surface area (Å²) in [6.07, 6.45) is 3.41. The Bertz CT molecular complexity index is 470. The maximum Gasteiger partial charge on any atom is 0.0955 e. The molecule has 0 aliphatic heterocycles. The highest BCUT2D eigenvalue weighted by atomic mass is 79.9. The zero-order valence-corrected chi connectivity index (χ0v) is 11.0. The van der Waals surface area contributed by atoms with Gasteiger partial charge in [0.25, 0.3) is 0 Å². The number of rotatable bonds is 3. The lowest BCUT2D eigenvalue weighted by Crippen LogP contribution is -2.05. The molecule has 1 aromatic carbocycles. The summed E-state index contributed by atoms with van der Waals surface area (Å²) < 4.78 is 6.00. The molecule has 1 unspecified atom stereocenters. The van der Waals surface area contributed by atoms with Crippen LogP contribution in [0.2, 0.25) is 5.02 Å². The van der Waals surface area contributed by atoms with Crippen molar-refractivity contribution in [1.29, 1.82) is 0 Å². The summed E-state index contributed by atoms with van der Waals surface area (Å²) in [6.45, 7) is 2.08. The minimum Gasteiger partial charge on any atom is -0.472 e. The lowest BCUT2D eigenvalue weighted by Gasteiger charge is -2.15. The highest BCUT2D eigenvalue weighted by Crippen LogP contribution is 2.29. The molecular formula is C12H11BrClNO. The molecule has 16 heavy (non-hydrogen) atoms. The molecule has 4 heteroatoms. The van der Waals surface area contributed by atoms with Gasteiger partial charge in [0.2, 0.25) is 0 Å². The molecule has 1 heterocycles. The number of nitrogens with one attached hydrogen (secondary N) is 1. The number of halogens is 2. The monoisotopic (exact) mass is 299 g/mol. The van der Waals surface area contributed by atoms with E-state index >= 15 is 0 Å². The Balaban J connectivity index is 2.15. The van der Waals surface area contributed by atoms with Crippen LogP contribution in [0, 0.1) is 0 Å². The average molecular weight is 301 g/mol. The third-order valence-corrected chi connectivity index (χ3v) is 3.24. The first kappa shape index (κ1) is 11.6. The molecule has 1 N–H and O–H groups in total. The van der Waals surface area contributed by atoms with Crippen LogP contribution in [0.4, 0.5) is 5.69 Å². The van der Waals surface area contributed by atoms with Crippen LogP contribution in [0.3, 0.4) is 0 Å². The van der Waals surface area contributed by atoms with E-state index in [1.54, 1.807) is 12.5 Å². The van der Waals surface area contributed by atoms with Gasteiger partial charge in [-0.25, -0.2) is 0 Å². The standard InChI is InChI=1S/C12H11BrClNO/c1-8(9-4-5-16-7-9)15-12-3-2-10(14)6-11(12)13/h2-8,15H,1H3. The van der Waals surface area contributed by atoms with E-state index in [-0.39, 0.29) is 6.04 Å². The Morgan fingerprint density at radius 2 is 2.19 bits per heavy atom. The molecule has 0 radical (unpaired) electrons. The van der Waals surface area contributed by atoms with Crippen molar-refractivity contribution in [2.45, 2.75) is 13.0 Å². The molecule has 1 atom stereocenters. The van der Waals surface area contributed by atoms with Gasteiger partial charge in [0.05, 0.1) is 18.6 Å². The topological polar surface area (TPSA) is 25.2 Å². The summed E-state index contributed by atoms with van der Waals surface area (Å²) in [7, 11) is 0. The first-order chi connectivity index (χ1) is 7.66. The van der Waals surface area contributed by atoms with Crippen molar-refractivity contribution in [3.8, 4) is 0 Å². The van der Waals surface area contributed by atoms with Gasteiger partial charge in [-0.05, 0) is 47.1 Å². The van der Waals surface area contributed by atoms with Crippen molar-refractivity contribution >= 4 is 33.2 Å². The van der Waals surface area contributed by atoms with Crippen molar-refractivity contribution in [2.24, 2.45) is 0 Å². The molecule has 0 aliphatic rings. The fourth-order valence-corrected chi connectivity index (χ4v) is 2.24. The van der Waals surface area contributed by atoms with E-state index in [0.717, 1.165) is 15.7 Å². The quantitative estimate of drug-likeness (QED) is 0.875. The van der Waals surface area contributed by atoms with Gasteiger partial charge < -0.3 is 9.73 Å². The van der Waals surface area contributed by atoms with E-state index < -0.39 is 0 Å². The maximum absolute atomic E-state index is 5.88. The van der Waals surface area contributed by atoms with Crippen LogP contribution in [0.15, 0.2) is 45.7 Å². The van der Waals surface area contributed by atoms with Crippen LogP contribution in [0.5, 0.6) is 0 Å². The van der Waals surface area contributed by atoms with E-state index in [9.17, 15) is 0 Å². The van der Waals surface area contributed by atoms with Crippen molar-refractivity contribution in [2.75, 3.05) is 5.32 Å². The summed E-state index contributed by atoms with van der Waals surface area (Å²) in [6, 6.07) is 7.81. The Morgan fingerprint density at radius 1 is 1.38 bits per heavy atom. The maximum atomic E-state index is 5.88. The third kappa shape index (κ3) is 2.60. The summed E-state index contributed by atoms with van der Waals surface area (Å²) in [5.74, 6) is 0. The third-order valence-electron chi connectivity index (χ3n) is 2.35. The van der Waals surface area contributed by atoms with Gasteiger partial charge in [-0.2, -0.15) is 0 Å². The Morgan fingerprint density at radius 3 is 2.81 bits per heavy atom. The van der Waals surface area contributed by atoms with Crippen molar-refractivity contribution < 1.29 is 4.42 Å². The first-order valence-electron chi connectivity index (χ1n) is 4.90. The molecule has 0 spiro atoms. The van der Waals surface area contributed by atoms with Gasteiger partial charge in [-0.15, -0.1) is 0 Å². The van der Waals surface area contributed by atoms with Crippen LogP contribution >= 0.6 is 27.5 Å². The van der Waals surface area contributed by atoms with Crippen LogP contribution in [0.25, 0.3) is 0 Å². The van der Waals surface area contributed by atoms with Gasteiger partial charge in [-0.3, -0.25) is 0 Å². The van der Waals surface area contributed by atoms with Crippen molar-refractivity contribution in [3.63, 3.8) is 0 Å². The van der Waals surface area contributed by atoms with Gasteiger partial charge in [0.15, 0.2) is 0 Å². The van der Waals surface area contributed by atoms with Gasteiger partial charge in [-0.1, -0.05) is 11.6 Å². The van der Waals surface area contributed by atoms with Crippen LogP contribution in [-0.4, -0.2) is 0 Å². The molecule has 0 aliphatic carbocycles. The smallest absolute Gasteiger partial charge is 0.0955 e. The second-order valence-corrected chi connectivity index (χ2v) is 4.84. The largest absolute Gasteiger partial charge is 0.472 e. The van der Waals surface area contributed by atoms with E-state index in [1.165, 1.54) is 0 Å². The first-order valence-corrected chi connectivity index (χ1v) is 6.07. The lowest BCUT2D eigenvalue weighted by atomic mass is 10.1. The number of furan rings is 1. The summed E-state index contributed by atoms with van der Waals surface area (Å²) in [4.78, 5) is 0. The molecular weight excluding hydrogens is 289 g/mol. The van der Waals surface area contributed by atoms with E-state index in [1.807, 2.05) is 24.3 Å². The zero-order valence-electron chi connectivity index (χ0n) is 8.71. The number of anilines is 1. The second-order valence-electron chi connectivity index (χ2n) is 3.55. The second kappa shape index (κ2) is 4.93. The SMILES string of the molecule is CC(Nc1ccc(Cl)cc1Br)c1ccoc1. The highest BCUT2D eigenvalue weighted by molar-refractivity contribution is 9.10. The zero-order chi connectivity index (χ0) is 11.5. The van der Waals surface area contributed by atoms with Crippen molar-refractivity contribution in [3.05, 3.63) is 51.9 Å². The van der Waals surface area contributed by atoms with Crippen LogP contribution < -0.4 is 5.32 Å². The predicted molar refractivity (Wildman–Crippen MR) is 69.9 cm³/mol. The Labute approximate surface area is 108 Å². The number of hydrogen-bond acceptors (Lipinski definition) is 2. The summed E-state index contributed by atoms with van der Waals surface area (Å²) >= 11 is 9.35. The van der Waals surface area contributed by atoms with Gasteiger partial charge in [0.1, 0.15) is 0 Å². The molecule has 0 saturated carbocycles. The Hall–Kier alpha value is -0.930. The lowest BCUT2D eigenvalue weighted by molar-refractivity contribution is 0.562. The molecule has 0 amide bonds. The number of hydrogen-bond donors (Lipinski definition) is 1. The highest BCUT2D eigenvalue weighted by Gasteiger charge is 2.08. The molecule has 84 valence electrons. The fraction of sp³-hybridized carbons (Fsp3) is 0.167. The van der Waals surface area contributed by atoms with Gasteiger partial charge >= 0.3 is 0 Å². The number of benzene rings is 1. The molecule has 0 bridgehead atoms. The normalized spacial score (nSPS) is 12.4.